The minimum Gasteiger partial charge on any atom is -0.459 e. The molecule has 0 N–H and O–H groups in total. The average molecular weight is 211 g/mol. The van der Waals surface area contributed by atoms with Gasteiger partial charge in [-0.05, 0) is 20.3 Å². The number of esters is 1. The SMILES string of the molecule is CCC=C(C#N)C(=O)OCCOC(C)C. The summed E-state index contributed by atoms with van der Waals surface area (Å²) in [6.45, 7) is 6.19. The Morgan fingerprint density at radius 1 is 1.47 bits per heavy atom. The smallest absolute Gasteiger partial charge is 0.348 e. The lowest BCUT2D eigenvalue weighted by Gasteiger charge is -2.07. The zero-order valence-electron chi connectivity index (χ0n) is 9.45. The van der Waals surface area contributed by atoms with E-state index in [4.69, 9.17) is 14.7 Å². The number of carbonyl (C=O) groups excluding carboxylic acids is 1. The van der Waals surface area contributed by atoms with E-state index >= 15 is 0 Å². The quantitative estimate of drug-likeness (QED) is 0.291. The molecule has 0 aromatic rings. The summed E-state index contributed by atoms with van der Waals surface area (Å²) in [6, 6.07) is 1.80. The summed E-state index contributed by atoms with van der Waals surface area (Å²) in [4.78, 5) is 11.2. The standard InChI is InChI=1S/C11H17NO3/c1-4-5-10(8-12)11(13)15-7-6-14-9(2)3/h5,9H,4,6-7H2,1-3H3. The van der Waals surface area contributed by atoms with Crippen LogP contribution in [0.2, 0.25) is 0 Å². The lowest BCUT2D eigenvalue weighted by atomic mass is 10.2. The predicted molar refractivity (Wildman–Crippen MR) is 56.0 cm³/mol. The van der Waals surface area contributed by atoms with Gasteiger partial charge in [0, 0.05) is 0 Å². The van der Waals surface area contributed by atoms with Crippen LogP contribution in [-0.2, 0) is 14.3 Å². The van der Waals surface area contributed by atoms with Crippen LogP contribution < -0.4 is 0 Å². The lowest BCUT2D eigenvalue weighted by molar-refractivity contribution is -0.140. The monoisotopic (exact) mass is 211 g/mol. The number of allylic oxidation sites excluding steroid dienone is 1. The van der Waals surface area contributed by atoms with E-state index in [1.807, 2.05) is 20.8 Å². The van der Waals surface area contributed by atoms with E-state index < -0.39 is 5.97 Å². The Morgan fingerprint density at radius 2 is 2.13 bits per heavy atom. The van der Waals surface area contributed by atoms with Crippen LogP contribution in [0.3, 0.4) is 0 Å². The summed E-state index contributed by atoms with van der Waals surface area (Å²) in [5.41, 5.74) is 0.0575. The Labute approximate surface area is 90.5 Å². The highest BCUT2D eigenvalue weighted by Gasteiger charge is 2.09. The number of hydrogen-bond donors (Lipinski definition) is 0. The minimum atomic E-state index is -0.577. The van der Waals surface area contributed by atoms with Gasteiger partial charge in [0.2, 0.25) is 0 Å². The van der Waals surface area contributed by atoms with Crippen molar-refractivity contribution < 1.29 is 14.3 Å². The molecule has 0 fully saturated rings. The maximum absolute atomic E-state index is 11.2. The molecule has 84 valence electrons. The normalized spacial score (nSPS) is 11.3. The Balaban J connectivity index is 3.84. The van der Waals surface area contributed by atoms with E-state index in [9.17, 15) is 4.79 Å². The molecule has 15 heavy (non-hydrogen) atoms. The molecule has 0 aliphatic carbocycles. The molecular weight excluding hydrogens is 194 g/mol. The van der Waals surface area contributed by atoms with Gasteiger partial charge in [-0.2, -0.15) is 5.26 Å². The van der Waals surface area contributed by atoms with E-state index in [1.165, 1.54) is 0 Å². The molecule has 0 spiro atoms. The van der Waals surface area contributed by atoms with Gasteiger partial charge in [-0.1, -0.05) is 13.0 Å². The summed E-state index contributed by atoms with van der Waals surface area (Å²) < 4.78 is 10.0. The van der Waals surface area contributed by atoms with Crippen molar-refractivity contribution in [1.29, 1.82) is 5.26 Å². The summed E-state index contributed by atoms with van der Waals surface area (Å²) >= 11 is 0. The van der Waals surface area contributed by atoms with Crippen molar-refractivity contribution in [2.24, 2.45) is 0 Å². The number of nitrogens with zero attached hydrogens (tertiary/aromatic N) is 1. The van der Waals surface area contributed by atoms with Crippen molar-refractivity contribution in [3.8, 4) is 6.07 Å². The molecule has 0 rings (SSSR count). The second kappa shape index (κ2) is 8.01. The molecule has 0 atom stereocenters. The van der Waals surface area contributed by atoms with Gasteiger partial charge in [0.15, 0.2) is 0 Å². The van der Waals surface area contributed by atoms with Crippen molar-refractivity contribution in [2.45, 2.75) is 33.3 Å². The van der Waals surface area contributed by atoms with Crippen molar-refractivity contribution in [3.63, 3.8) is 0 Å². The Bertz CT molecular complexity index is 263. The van der Waals surface area contributed by atoms with Crippen molar-refractivity contribution in [3.05, 3.63) is 11.6 Å². The third-order valence-corrected chi connectivity index (χ3v) is 1.52. The van der Waals surface area contributed by atoms with Crippen LogP contribution in [0.1, 0.15) is 27.2 Å². The first-order valence-corrected chi connectivity index (χ1v) is 5.00. The first-order valence-electron chi connectivity index (χ1n) is 5.00. The molecule has 4 heteroatoms. The number of rotatable bonds is 6. The topological polar surface area (TPSA) is 59.3 Å². The largest absolute Gasteiger partial charge is 0.459 e. The number of ether oxygens (including phenoxy) is 2. The van der Waals surface area contributed by atoms with Gasteiger partial charge in [0.25, 0.3) is 0 Å². The van der Waals surface area contributed by atoms with E-state index in [2.05, 4.69) is 0 Å². The first-order chi connectivity index (χ1) is 7.11. The zero-order valence-corrected chi connectivity index (χ0v) is 9.45. The molecule has 4 nitrogen and oxygen atoms in total. The molecule has 0 unspecified atom stereocenters. The molecule has 0 aliphatic rings. The third-order valence-electron chi connectivity index (χ3n) is 1.52. The molecule has 0 saturated heterocycles. The minimum absolute atomic E-state index is 0.0575. The van der Waals surface area contributed by atoms with Gasteiger partial charge in [-0.25, -0.2) is 4.79 Å². The van der Waals surface area contributed by atoms with Gasteiger partial charge < -0.3 is 9.47 Å². The van der Waals surface area contributed by atoms with Crippen LogP contribution in [0.25, 0.3) is 0 Å². The second-order valence-corrected chi connectivity index (χ2v) is 3.19. The first kappa shape index (κ1) is 13.7. The molecular formula is C11H17NO3. The van der Waals surface area contributed by atoms with Gasteiger partial charge in [0.05, 0.1) is 12.7 Å². The molecule has 0 aliphatic heterocycles. The molecule has 0 amide bonds. The second-order valence-electron chi connectivity index (χ2n) is 3.19. The Morgan fingerprint density at radius 3 is 2.60 bits per heavy atom. The molecule has 0 radical (unpaired) electrons. The number of carbonyl (C=O) groups is 1. The fraction of sp³-hybridized carbons (Fsp3) is 0.636. The molecule has 0 saturated carbocycles. The summed E-state index contributed by atoms with van der Waals surface area (Å²) in [5.74, 6) is -0.577. The van der Waals surface area contributed by atoms with E-state index in [0.717, 1.165) is 0 Å². The van der Waals surface area contributed by atoms with Crippen molar-refractivity contribution in [2.75, 3.05) is 13.2 Å². The third kappa shape index (κ3) is 6.69. The number of hydrogen-bond acceptors (Lipinski definition) is 4. The molecule has 0 bridgehead atoms. The average Bonchev–Trinajstić information content (AvgIpc) is 2.20. The summed E-state index contributed by atoms with van der Waals surface area (Å²) in [6.07, 6.45) is 2.30. The van der Waals surface area contributed by atoms with Crippen LogP contribution in [0, 0.1) is 11.3 Å². The molecule has 0 aromatic carbocycles. The van der Waals surface area contributed by atoms with E-state index in [1.54, 1.807) is 12.1 Å². The maximum atomic E-state index is 11.2. The van der Waals surface area contributed by atoms with Crippen LogP contribution in [0.5, 0.6) is 0 Å². The highest BCUT2D eigenvalue weighted by Crippen LogP contribution is 1.98. The van der Waals surface area contributed by atoms with Gasteiger partial charge >= 0.3 is 5.97 Å². The molecule has 0 heterocycles. The van der Waals surface area contributed by atoms with Crippen LogP contribution in [0.4, 0.5) is 0 Å². The fourth-order valence-corrected chi connectivity index (χ4v) is 0.875. The van der Waals surface area contributed by atoms with Gasteiger partial charge in [-0.15, -0.1) is 0 Å². The van der Waals surface area contributed by atoms with Crippen molar-refractivity contribution in [1.82, 2.24) is 0 Å². The summed E-state index contributed by atoms with van der Waals surface area (Å²) in [7, 11) is 0. The highest BCUT2D eigenvalue weighted by molar-refractivity contribution is 5.92. The summed E-state index contributed by atoms with van der Waals surface area (Å²) in [5, 5.41) is 8.62. The molecule has 0 aromatic heterocycles. The van der Waals surface area contributed by atoms with Crippen molar-refractivity contribution >= 4 is 5.97 Å². The predicted octanol–water partition coefficient (Wildman–Crippen LogP) is 1.81. The van der Waals surface area contributed by atoms with Crippen LogP contribution in [-0.4, -0.2) is 25.3 Å². The Hall–Kier alpha value is -1.34. The highest BCUT2D eigenvalue weighted by atomic mass is 16.6. The van der Waals surface area contributed by atoms with E-state index in [0.29, 0.717) is 13.0 Å². The van der Waals surface area contributed by atoms with Gasteiger partial charge in [-0.3, -0.25) is 0 Å². The number of nitriles is 1. The maximum Gasteiger partial charge on any atom is 0.348 e. The van der Waals surface area contributed by atoms with Crippen LogP contribution >= 0.6 is 0 Å². The van der Waals surface area contributed by atoms with Gasteiger partial charge in [0.1, 0.15) is 18.2 Å². The zero-order chi connectivity index (χ0) is 11.7. The fourth-order valence-electron chi connectivity index (χ4n) is 0.875. The Kier molecular flexibility index (Phi) is 7.29. The van der Waals surface area contributed by atoms with E-state index in [-0.39, 0.29) is 18.3 Å². The lowest BCUT2D eigenvalue weighted by Crippen LogP contribution is -2.14. The van der Waals surface area contributed by atoms with Crippen LogP contribution in [0.15, 0.2) is 11.6 Å².